The number of benzene rings is 1. The smallest absolute Gasteiger partial charge is 0.263 e. The minimum atomic E-state index is -4.12. The van der Waals surface area contributed by atoms with Crippen molar-refractivity contribution in [2.24, 2.45) is 0 Å². The van der Waals surface area contributed by atoms with Crippen molar-refractivity contribution in [1.29, 1.82) is 0 Å². The van der Waals surface area contributed by atoms with Gasteiger partial charge in [-0.3, -0.25) is 4.72 Å². The second-order valence-corrected chi connectivity index (χ2v) is 5.30. The number of halogens is 2. The molecule has 0 spiro atoms. The molecule has 0 bridgehead atoms. The zero-order valence-corrected chi connectivity index (χ0v) is 10.3. The monoisotopic (exact) mass is 285 g/mol. The van der Waals surface area contributed by atoms with E-state index in [2.05, 4.69) is 4.98 Å². The second kappa shape index (κ2) is 4.81. The Kier molecular flexibility index (Phi) is 3.34. The highest BCUT2D eigenvalue weighted by atomic mass is 32.2. The summed E-state index contributed by atoms with van der Waals surface area (Å²) < 4.78 is 52.3. The van der Waals surface area contributed by atoms with Crippen molar-refractivity contribution >= 4 is 21.5 Å². The molecule has 0 amide bonds. The van der Waals surface area contributed by atoms with Crippen molar-refractivity contribution in [3.8, 4) is 0 Å². The molecule has 0 aliphatic rings. The lowest BCUT2D eigenvalue weighted by Gasteiger charge is -2.09. The molecule has 0 saturated heterocycles. The summed E-state index contributed by atoms with van der Waals surface area (Å²) in [5.74, 6) is -1.88. The van der Waals surface area contributed by atoms with Gasteiger partial charge in [0.15, 0.2) is 0 Å². The maximum atomic E-state index is 13.4. The Morgan fingerprint density at radius 1 is 1.11 bits per heavy atom. The second-order valence-electron chi connectivity index (χ2n) is 3.62. The van der Waals surface area contributed by atoms with Gasteiger partial charge in [-0.2, -0.15) is 0 Å². The Bertz CT molecular complexity index is 682. The molecule has 3 N–H and O–H groups in total. The van der Waals surface area contributed by atoms with Crippen LogP contribution in [0.1, 0.15) is 0 Å². The Balaban J connectivity index is 2.39. The summed E-state index contributed by atoms with van der Waals surface area (Å²) in [6, 6.07) is 5.48. The molecule has 0 atom stereocenters. The number of nitrogens with one attached hydrogen (secondary N) is 1. The van der Waals surface area contributed by atoms with Crippen LogP contribution >= 0.6 is 0 Å². The van der Waals surface area contributed by atoms with Gasteiger partial charge in [-0.05, 0) is 24.3 Å². The van der Waals surface area contributed by atoms with Crippen LogP contribution in [0, 0.1) is 11.6 Å². The maximum Gasteiger partial charge on any atom is 0.263 e. The van der Waals surface area contributed by atoms with Crippen molar-refractivity contribution in [2.75, 3.05) is 10.5 Å². The number of nitrogens with zero attached hydrogens (tertiary/aromatic N) is 1. The molecule has 8 heteroatoms. The SMILES string of the molecule is Nc1ccc(S(=O)(=O)Nc2c(F)cccc2F)cn1. The summed E-state index contributed by atoms with van der Waals surface area (Å²) in [6.45, 7) is 0. The Labute approximate surface area is 108 Å². The number of rotatable bonds is 3. The summed E-state index contributed by atoms with van der Waals surface area (Å²) in [5, 5.41) is 0. The minimum absolute atomic E-state index is 0.135. The van der Waals surface area contributed by atoms with Gasteiger partial charge in [0, 0.05) is 6.20 Å². The van der Waals surface area contributed by atoms with Crippen molar-refractivity contribution in [3.63, 3.8) is 0 Å². The van der Waals surface area contributed by atoms with Crippen LogP contribution in [0.3, 0.4) is 0 Å². The molecule has 1 heterocycles. The standard InChI is InChI=1S/C11H9F2N3O2S/c12-8-2-1-3-9(13)11(8)16-19(17,18)7-4-5-10(14)15-6-7/h1-6,16H,(H2,14,15). The molecule has 1 aromatic heterocycles. The van der Waals surface area contributed by atoms with Gasteiger partial charge >= 0.3 is 0 Å². The van der Waals surface area contributed by atoms with Crippen molar-refractivity contribution in [2.45, 2.75) is 4.90 Å². The van der Waals surface area contributed by atoms with Gasteiger partial charge in [0.1, 0.15) is 28.0 Å². The molecule has 0 unspecified atom stereocenters. The third-order valence-electron chi connectivity index (χ3n) is 2.27. The van der Waals surface area contributed by atoms with Gasteiger partial charge in [0.25, 0.3) is 10.0 Å². The van der Waals surface area contributed by atoms with Gasteiger partial charge < -0.3 is 5.73 Å². The molecule has 0 aliphatic heterocycles. The number of hydrogen-bond donors (Lipinski definition) is 2. The predicted molar refractivity (Wildman–Crippen MR) is 65.8 cm³/mol. The zero-order chi connectivity index (χ0) is 14.0. The molecular formula is C11H9F2N3O2S. The number of pyridine rings is 1. The van der Waals surface area contributed by atoms with Gasteiger partial charge in [0.2, 0.25) is 0 Å². The lowest BCUT2D eigenvalue weighted by molar-refractivity contribution is 0.582. The highest BCUT2D eigenvalue weighted by Crippen LogP contribution is 2.22. The van der Waals surface area contributed by atoms with E-state index in [1.807, 2.05) is 4.72 Å². The van der Waals surface area contributed by atoms with Crippen molar-refractivity contribution in [3.05, 3.63) is 48.2 Å². The van der Waals surface area contributed by atoms with E-state index in [1.165, 1.54) is 12.1 Å². The third kappa shape index (κ3) is 2.79. The number of nitrogens with two attached hydrogens (primary N) is 1. The van der Waals surface area contributed by atoms with Gasteiger partial charge in [-0.1, -0.05) is 6.07 Å². The Hall–Kier alpha value is -2.22. The van der Waals surface area contributed by atoms with E-state index < -0.39 is 27.3 Å². The molecule has 2 aromatic rings. The van der Waals surface area contributed by atoms with Crippen molar-refractivity contribution < 1.29 is 17.2 Å². The fraction of sp³-hybridized carbons (Fsp3) is 0. The van der Waals surface area contributed by atoms with E-state index in [9.17, 15) is 17.2 Å². The summed E-state index contributed by atoms with van der Waals surface area (Å²) >= 11 is 0. The highest BCUT2D eigenvalue weighted by Gasteiger charge is 2.19. The number of hydrogen-bond acceptors (Lipinski definition) is 4. The van der Waals surface area contributed by atoms with Crippen LogP contribution in [-0.2, 0) is 10.0 Å². The number of para-hydroxylation sites is 1. The third-order valence-corrected chi connectivity index (χ3v) is 3.60. The van der Waals surface area contributed by atoms with Crippen LogP contribution in [0.15, 0.2) is 41.4 Å². The first-order valence-electron chi connectivity index (χ1n) is 5.08. The van der Waals surface area contributed by atoms with Crippen LogP contribution in [0.4, 0.5) is 20.3 Å². The van der Waals surface area contributed by atoms with E-state index in [-0.39, 0.29) is 10.7 Å². The molecule has 5 nitrogen and oxygen atoms in total. The van der Waals surface area contributed by atoms with Crippen LogP contribution in [0.5, 0.6) is 0 Å². The molecular weight excluding hydrogens is 276 g/mol. The molecule has 0 aliphatic carbocycles. The van der Waals surface area contributed by atoms with Gasteiger partial charge in [-0.15, -0.1) is 0 Å². The van der Waals surface area contributed by atoms with Crippen LogP contribution < -0.4 is 10.5 Å². The normalized spacial score (nSPS) is 11.3. The lowest BCUT2D eigenvalue weighted by atomic mass is 10.3. The Morgan fingerprint density at radius 2 is 1.74 bits per heavy atom. The lowest BCUT2D eigenvalue weighted by Crippen LogP contribution is -2.15. The van der Waals surface area contributed by atoms with E-state index in [0.717, 1.165) is 24.4 Å². The first kappa shape index (κ1) is 13.2. The zero-order valence-electron chi connectivity index (χ0n) is 9.47. The first-order valence-corrected chi connectivity index (χ1v) is 6.57. The largest absolute Gasteiger partial charge is 0.384 e. The molecule has 1 aromatic carbocycles. The van der Waals surface area contributed by atoms with Gasteiger partial charge in [0.05, 0.1) is 0 Å². The highest BCUT2D eigenvalue weighted by molar-refractivity contribution is 7.92. The summed E-state index contributed by atoms with van der Waals surface area (Å²) in [6.07, 6.45) is 0.996. The average molecular weight is 285 g/mol. The van der Waals surface area contributed by atoms with Crippen LogP contribution in [0.2, 0.25) is 0 Å². The summed E-state index contributed by atoms with van der Waals surface area (Å²) in [7, 11) is -4.12. The van der Waals surface area contributed by atoms with Crippen LogP contribution in [0.25, 0.3) is 0 Å². The van der Waals surface area contributed by atoms with E-state index in [0.29, 0.717) is 0 Å². The maximum absolute atomic E-state index is 13.4. The van der Waals surface area contributed by atoms with Crippen molar-refractivity contribution in [1.82, 2.24) is 4.98 Å². The molecule has 0 radical (unpaired) electrons. The molecule has 19 heavy (non-hydrogen) atoms. The molecule has 100 valence electrons. The quantitative estimate of drug-likeness (QED) is 0.899. The minimum Gasteiger partial charge on any atom is -0.384 e. The summed E-state index contributed by atoms with van der Waals surface area (Å²) in [4.78, 5) is 3.36. The van der Waals surface area contributed by atoms with Crippen LogP contribution in [-0.4, -0.2) is 13.4 Å². The number of nitrogen functional groups attached to an aromatic ring is 1. The number of sulfonamides is 1. The van der Waals surface area contributed by atoms with Gasteiger partial charge in [-0.25, -0.2) is 22.2 Å². The topological polar surface area (TPSA) is 85.1 Å². The fourth-order valence-electron chi connectivity index (χ4n) is 1.34. The van der Waals surface area contributed by atoms with E-state index in [1.54, 1.807) is 0 Å². The number of aromatic nitrogens is 1. The first-order chi connectivity index (χ1) is 8.90. The summed E-state index contributed by atoms with van der Waals surface area (Å²) in [5.41, 5.74) is 4.59. The average Bonchev–Trinajstić information content (AvgIpc) is 2.35. The molecule has 0 saturated carbocycles. The number of anilines is 2. The fourth-order valence-corrected chi connectivity index (χ4v) is 2.36. The molecule has 0 fully saturated rings. The van der Waals surface area contributed by atoms with E-state index in [4.69, 9.17) is 5.73 Å². The predicted octanol–water partition coefficient (Wildman–Crippen LogP) is 1.74. The Morgan fingerprint density at radius 3 is 2.26 bits per heavy atom. The van der Waals surface area contributed by atoms with E-state index >= 15 is 0 Å². The molecule has 2 rings (SSSR count).